The van der Waals surface area contributed by atoms with Gasteiger partial charge in [-0.15, -0.1) is 0 Å². The molecule has 0 radical (unpaired) electrons. The molecule has 0 aliphatic carbocycles. The summed E-state index contributed by atoms with van der Waals surface area (Å²) in [5, 5.41) is 0. The first-order chi connectivity index (χ1) is 8.13. The lowest BCUT2D eigenvalue weighted by molar-refractivity contribution is 0.0844. The molecule has 0 saturated carbocycles. The highest BCUT2D eigenvalue weighted by Crippen LogP contribution is 2.05. The largest absolute Gasteiger partial charge is 0.377 e. The van der Waals surface area contributed by atoms with Gasteiger partial charge in [0.05, 0.1) is 12.7 Å². The smallest absolute Gasteiger partial charge is 0.225 e. The molecule has 0 aliphatic heterocycles. The zero-order chi connectivity index (χ0) is 12.7. The predicted octanol–water partition coefficient (Wildman–Crippen LogP) is 0.839. The van der Waals surface area contributed by atoms with Crippen molar-refractivity contribution in [3.05, 3.63) is 18.0 Å². The van der Waals surface area contributed by atoms with Crippen molar-refractivity contribution in [1.82, 2.24) is 9.97 Å². The zero-order valence-electron chi connectivity index (χ0n) is 10.9. The highest BCUT2D eigenvalue weighted by molar-refractivity contribution is 5.28. The second-order valence-corrected chi connectivity index (χ2v) is 4.27. The Morgan fingerprint density at radius 3 is 2.53 bits per heavy atom. The Morgan fingerprint density at radius 1 is 1.35 bits per heavy atom. The molecule has 1 aromatic rings. The molecular weight excluding hydrogens is 216 g/mol. The maximum Gasteiger partial charge on any atom is 0.225 e. The van der Waals surface area contributed by atoms with Crippen molar-refractivity contribution in [3.63, 3.8) is 0 Å². The summed E-state index contributed by atoms with van der Waals surface area (Å²) in [7, 11) is 1.96. The van der Waals surface area contributed by atoms with Crippen LogP contribution in [0.4, 0.5) is 5.95 Å². The molecule has 0 saturated heterocycles. The molecule has 2 N–H and O–H groups in total. The Balaban J connectivity index is 2.43. The number of nitrogens with zero attached hydrogens (tertiary/aromatic N) is 3. The van der Waals surface area contributed by atoms with E-state index >= 15 is 0 Å². The normalized spacial score (nSPS) is 10.9. The number of nitrogens with two attached hydrogens (primary N) is 1. The first-order valence-electron chi connectivity index (χ1n) is 5.97. The summed E-state index contributed by atoms with van der Waals surface area (Å²) in [5.41, 5.74) is 6.54. The highest BCUT2D eigenvalue weighted by Gasteiger charge is 2.04. The summed E-state index contributed by atoms with van der Waals surface area (Å²) < 4.78 is 5.48. The monoisotopic (exact) mass is 238 g/mol. The number of ether oxygens (including phenoxy) is 1. The van der Waals surface area contributed by atoms with E-state index in [0.29, 0.717) is 13.2 Å². The molecule has 1 rings (SSSR count). The van der Waals surface area contributed by atoms with E-state index in [2.05, 4.69) is 9.97 Å². The van der Waals surface area contributed by atoms with Crippen LogP contribution < -0.4 is 10.6 Å². The third kappa shape index (κ3) is 5.10. The average molecular weight is 238 g/mol. The number of aromatic nitrogens is 2. The van der Waals surface area contributed by atoms with E-state index in [1.807, 2.05) is 38.2 Å². The molecular formula is C12H22N4O. The minimum atomic E-state index is 0.260. The van der Waals surface area contributed by atoms with Gasteiger partial charge in [0.15, 0.2) is 0 Å². The van der Waals surface area contributed by atoms with Crippen LogP contribution in [0.2, 0.25) is 0 Å². The van der Waals surface area contributed by atoms with Gasteiger partial charge in [0.1, 0.15) is 0 Å². The lowest BCUT2D eigenvalue weighted by Crippen LogP contribution is -2.25. The second-order valence-electron chi connectivity index (χ2n) is 4.27. The predicted molar refractivity (Wildman–Crippen MR) is 69.1 cm³/mol. The molecule has 1 heterocycles. The Kier molecular flexibility index (Phi) is 5.86. The van der Waals surface area contributed by atoms with E-state index < -0.39 is 0 Å². The van der Waals surface area contributed by atoms with Gasteiger partial charge in [-0.05, 0) is 32.4 Å². The van der Waals surface area contributed by atoms with E-state index in [0.717, 1.165) is 24.5 Å². The van der Waals surface area contributed by atoms with Crippen molar-refractivity contribution in [3.8, 4) is 0 Å². The van der Waals surface area contributed by atoms with Crippen molar-refractivity contribution in [1.29, 1.82) is 0 Å². The van der Waals surface area contributed by atoms with Crippen LogP contribution >= 0.6 is 0 Å². The third-order valence-corrected chi connectivity index (χ3v) is 2.34. The van der Waals surface area contributed by atoms with Crippen molar-refractivity contribution in [2.24, 2.45) is 5.73 Å². The fourth-order valence-electron chi connectivity index (χ4n) is 1.37. The van der Waals surface area contributed by atoms with Gasteiger partial charge in [0, 0.05) is 26.0 Å². The van der Waals surface area contributed by atoms with Crippen LogP contribution in [0.1, 0.15) is 19.4 Å². The summed E-state index contributed by atoms with van der Waals surface area (Å²) in [6.45, 7) is 6.15. The average Bonchev–Trinajstić information content (AvgIpc) is 2.30. The molecule has 0 aliphatic rings. The zero-order valence-corrected chi connectivity index (χ0v) is 10.9. The van der Waals surface area contributed by atoms with Gasteiger partial charge in [-0.2, -0.15) is 0 Å². The molecule has 0 spiro atoms. The van der Waals surface area contributed by atoms with Crippen LogP contribution in [0.15, 0.2) is 12.4 Å². The van der Waals surface area contributed by atoms with Crippen LogP contribution in [0, 0.1) is 0 Å². The minimum Gasteiger partial charge on any atom is -0.377 e. The Labute approximate surface area is 103 Å². The molecule has 17 heavy (non-hydrogen) atoms. The van der Waals surface area contributed by atoms with Crippen LogP contribution in [0.5, 0.6) is 0 Å². The molecule has 96 valence electrons. The highest BCUT2D eigenvalue weighted by atomic mass is 16.5. The lowest BCUT2D eigenvalue weighted by Gasteiger charge is -2.17. The molecule has 0 aromatic carbocycles. The maximum absolute atomic E-state index is 5.48. The van der Waals surface area contributed by atoms with Crippen LogP contribution in [-0.2, 0) is 11.2 Å². The number of rotatable bonds is 7. The summed E-state index contributed by atoms with van der Waals surface area (Å²) in [6.07, 6.45) is 4.74. The van der Waals surface area contributed by atoms with E-state index in [4.69, 9.17) is 10.5 Å². The van der Waals surface area contributed by atoms with E-state index in [1.54, 1.807) is 0 Å². The second kappa shape index (κ2) is 7.19. The van der Waals surface area contributed by atoms with Gasteiger partial charge in [-0.25, -0.2) is 9.97 Å². The Hall–Kier alpha value is -1.20. The van der Waals surface area contributed by atoms with Crippen LogP contribution in [-0.4, -0.2) is 42.8 Å². The number of likely N-dealkylation sites (N-methyl/N-ethyl adjacent to an activating group) is 1. The van der Waals surface area contributed by atoms with E-state index in [9.17, 15) is 0 Å². The molecule has 0 atom stereocenters. The van der Waals surface area contributed by atoms with Crippen LogP contribution in [0.3, 0.4) is 0 Å². The van der Waals surface area contributed by atoms with Crippen molar-refractivity contribution in [2.45, 2.75) is 26.4 Å². The topological polar surface area (TPSA) is 64.3 Å². The van der Waals surface area contributed by atoms with Gasteiger partial charge < -0.3 is 15.4 Å². The molecule has 0 unspecified atom stereocenters. The fourth-order valence-corrected chi connectivity index (χ4v) is 1.37. The summed E-state index contributed by atoms with van der Waals surface area (Å²) >= 11 is 0. The van der Waals surface area contributed by atoms with Gasteiger partial charge in [0.2, 0.25) is 5.95 Å². The third-order valence-electron chi connectivity index (χ3n) is 2.34. The number of anilines is 1. The number of hydrogen-bond acceptors (Lipinski definition) is 5. The quantitative estimate of drug-likeness (QED) is 0.762. The Bertz CT molecular complexity index is 313. The molecule has 0 fully saturated rings. The molecule has 0 amide bonds. The van der Waals surface area contributed by atoms with Gasteiger partial charge in [-0.3, -0.25) is 0 Å². The molecule has 0 bridgehead atoms. The molecule has 5 nitrogen and oxygen atoms in total. The first kappa shape index (κ1) is 13.9. The minimum absolute atomic E-state index is 0.260. The van der Waals surface area contributed by atoms with Gasteiger partial charge in [0.25, 0.3) is 0 Å². The van der Waals surface area contributed by atoms with Gasteiger partial charge in [-0.1, -0.05) is 0 Å². The number of hydrogen-bond donors (Lipinski definition) is 1. The lowest BCUT2D eigenvalue weighted by atomic mass is 10.2. The van der Waals surface area contributed by atoms with Crippen molar-refractivity contribution < 1.29 is 4.74 Å². The summed E-state index contributed by atoms with van der Waals surface area (Å²) in [6, 6.07) is 0. The summed E-state index contributed by atoms with van der Waals surface area (Å²) in [5.74, 6) is 0.720. The SMILES string of the molecule is CC(C)OCCN(C)c1ncc(CCN)cn1. The first-order valence-corrected chi connectivity index (χ1v) is 5.97. The summed E-state index contributed by atoms with van der Waals surface area (Å²) in [4.78, 5) is 10.6. The molecule has 5 heteroatoms. The molecule has 1 aromatic heterocycles. The fraction of sp³-hybridized carbons (Fsp3) is 0.667. The standard InChI is InChI=1S/C12H22N4O/c1-10(2)17-7-6-16(3)12-14-8-11(4-5-13)9-15-12/h8-10H,4-7,13H2,1-3H3. The van der Waals surface area contributed by atoms with Crippen LogP contribution in [0.25, 0.3) is 0 Å². The Morgan fingerprint density at radius 2 is 2.00 bits per heavy atom. The van der Waals surface area contributed by atoms with E-state index in [1.165, 1.54) is 0 Å². The maximum atomic E-state index is 5.48. The van der Waals surface area contributed by atoms with Crippen molar-refractivity contribution >= 4 is 5.95 Å². The van der Waals surface area contributed by atoms with Crippen molar-refractivity contribution in [2.75, 3.05) is 31.6 Å². The van der Waals surface area contributed by atoms with Gasteiger partial charge >= 0.3 is 0 Å². The van der Waals surface area contributed by atoms with E-state index in [-0.39, 0.29) is 6.10 Å².